The molecule has 0 aromatic carbocycles. The second-order valence-corrected chi connectivity index (χ2v) is 5.48. The molecule has 4 nitrogen and oxygen atoms in total. The van der Waals surface area contributed by atoms with Crippen LogP contribution in [0, 0.1) is 5.92 Å². The molecule has 1 saturated heterocycles. The lowest BCUT2D eigenvalue weighted by atomic mass is 9.99. The van der Waals surface area contributed by atoms with Crippen molar-refractivity contribution in [3.8, 4) is 0 Å². The summed E-state index contributed by atoms with van der Waals surface area (Å²) in [6.07, 6.45) is 5.76. The van der Waals surface area contributed by atoms with Crippen LogP contribution in [0.5, 0.6) is 0 Å². The van der Waals surface area contributed by atoms with Crippen molar-refractivity contribution in [1.82, 2.24) is 4.90 Å². The number of hydrogen-bond donors (Lipinski definition) is 1. The molecule has 2 fully saturated rings. The monoisotopic (exact) mass is 242 g/mol. The highest BCUT2D eigenvalue weighted by atomic mass is 16.5. The lowest BCUT2D eigenvalue weighted by molar-refractivity contribution is -0.00461. The van der Waals surface area contributed by atoms with E-state index >= 15 is 0 Å². The molecule has 0 bridgehead atoms. The maximum Gasteiger partial charge on any atom is 0.0971 e. The van der Waals surface area contributed by atoms with Crippen molar-refractivity contribution in [2.45, 2.75) is 43.9 Å². The molecular weight excluding hydrogens is 216 g/mol. The molecule has 17 heavy (non-hydrogen) atoms. The zero-order valence-electron chi connectivity index (χ0n) is 11.1. The first kappa shape index (κ1) is 13.3. The summed E-state index contributed by atoms with van der Waals surface area (Å²) < 4.78 is 10.9. The quantitative estimate of drug-likeness (QED) is 0.776. The fourth-order valence-corrected chi connectivity index (χ4v) is 3.25. The maximum atomic E-state index is 6.31. The first-order chi connectivity index (χ1) is 8.24. The van der Waals surface area contributed by atoms with Gasteiger partial charge >= 0.3 is 0 Å². The first-order valence-corrected chi connectivity index (χ1v) is 6.78. The van der Waals surface area contributed by atoms with Gasteiger partial charge in [0, 0.05) is 39.9 Å². The van der Waals surface area contributed by atoms with Gasteiger partial charge in [-0.25, -0.2) is 0 Å². The van der Waals surface area contributed by atoms with Crippen molar-refractivity contribution in [3.63, 3.8) is 0 Å². The van der Waals surface area contributed by atoms with E-state index in [2.05, 4.69) is 4.90 Å². The molecule has 0 radical (unpaired) electrons. The zero-order valence-corrected chi connectivity index (χ0v) is 11.1. The van der Waals surface area contributed by atoms with Crippen LogP contribution in [-0.4, -0.2) is 57.0 Å². The number of nitrogens with two attached hydrogens (primary N) is 1. The average Bonchev–Trinajstić information content (AvgIpc) is 2.97. The largest absolute Gasteiger partial charge is 0.377 e. The Bertz CT molecular complexity index is 219. The summed E-state index contributed by atoms with van der Waals surface area (Å²) in [5, 5.41) is 0. The lowest BCUT2D eigenvalue weighted by Gasteiger charge is -2.24. The van der Waals surface area contributed by atoms with Gasteiger partial charge in [-0.05, 0) is 18.8 Å². The molecule has 4 heteroatoms. The third-order valence-electron chi connectivity index (χ3n) is 4.37. The molecule has 1 aliphatic heterocycles. The molecule has 2 N–H and O–H groups in total. The smallest absolute Gasteiger partial charge is 0.0971 e. The van der Waals surface area contributed by atoms with Crippen molar-refractivity contribution in [2.75, 3.05) is 33.9 Å². The molecule has 0 spiro atoms. The molecule has 2 rings (SSSR count). The van der Waals surface area contributed by atoms with Crippen molar-refractivity contribution in [3.05, 3.63) is 0 Å². The highest BCUT2D eigenvalue weighted by Crippen LogP contribution is 2.28. The van der Waals surface area contributed by atoms with E-state index in [1.165, 1.54) is 25.7 Å². The minimum atomic E-state index is 0.204. The van der Waals surface area contributed by atoms with Gasteiger partial charge in [-0.1, -0.05) is 12.8 Å². The molecule has 0 amide bonds. The SMILES string of the molecule is COC1CN(CC(N)C2CCCC2)CC1OC. The molecule has 1 heterocycles. The highest BCUT2D eigenvalue weighted by molar-refractivity contribution is 4.89. The highest BCUT2D eigenvalue weighted by Gasteiger charge is 2.34. The molecule has 0 aromatic rings. The Morgan fingerprint density at radius 3 is 2.12 bits per heavy atom. The minimum absolute atomic E-state index is 0.204. The Kier molecular flexibility index (Phi) is 4.79. The lowest BCUT2D eigenvalue weighted by Crippen LogP contribution is -2.41. The average molecular weight is 242 g/mol. The van der Waals surface area contributed by atoms with Crippen LogP contribution in [0.2, 0.25) is 0 Å². The van der Waals surface area contributed by atoms with Crippen LogP contribution in [0.4, 0.5) is 0 Å². The molecule has 3 atom stereocenters. The molecule has 100 valence electrons. The van der Waals surface area contributed by atoms with E-state index in [9.17, 15) is 0 Å². The van der Waals surface area contributed by atoms with E-state index in [0.717, 1.165) is 25.6 Å². The van der Waals surface area contributed by atoms with Gasteiger partial charge in [0.05, 0.1) is 12.2 Å². The van der Waals surface area contributed by atoms with Crippen molar-refractivity contribution in [1.29, 1.82) is 0 Å². The standard InChI is InChI=1S/C13H26N2O2/c1-16-12-8-15(9-13(12)17-2)7-11(14)10-5-3-4-6-10/h10-13H,3-9,14H2,1-2H3. The third kappa shape index (κ3) is 3.19. The van der Waals surface area contributed by atoms with E-state index in [1.807, 2.05) is 0 Å². The van der Waals surface area contributed by atoms with Crippen LogP contribution in [0.3, 0.4) is 0 Å². The Balaban J connectivity index is 1.79. The van der Waals surface area contributed by atoms with Gasteiger partial charge in [0.1, 0.15) is 0 Å². The molecular formula is C13H26N2O2. The normalized spacial score (nSPS) is 33.4. The topological polar surface area (TPSA) is 47.7 Å². The summed E-state index contributed by atoms with van der Waals surface area (Å²) in [7, 11) is 3.52. The Morgan fingerprint density at radius 2 is 1.65 bits per heavy atom. The van der Waals surface area contributed by atoms with Gasteiger partial charge in [0.25, 0.3) is 0 Å². The van der Waals surface area contributed by atoms with Gasteiger partial charge in [-0.2, -0.15) is 0 Å². The van der Waals surface area contributed by atoms with E-state index in [1.54, 1.807) is 14.2 Å². The Hall–Kier alpha value is -0.160. The number of nitrogens with zero attached hydrogens (tertiary/aromatic N) is 1. The molecule has 0 aromatic heterocycles. The summed E-state index contributed by atoms with van der Waals surface area (Å²) in [4.78, 5) is 2.39. The minimum Gasteiger partial charge on any atom is -0.377 e. The van der Waals surface area contributed by atoms with E-state index in [4.69, 9.17) is 15.2 Å². The predicted molar refractivity (Wildman–Crippen MR) is 68.0 cm³/mol. The predicted octanol–water partition coefficient (Wildman–Crippen LogP) is 0.849. The number of rotatable bonds is 5. The van der Waals surface area contributed by atoms with Crippen LogP contribution in [0.1, 0.15) is 25.7 Å². The maximum absolute atomic E-state index is 6.31. The number of hydrogen-bond acceptors (Lipinski definition) is 4. The van der Waals surface area contributed by atoms with E-state index in [0.29, 0.717) is 6.04 Å². The molecule has 2 aliphatic rings. The van der Waals surface area contributed by atoms with Crippen molar-refractivity contribution in [2.24, 2.45) is 11.7 Å². The second kappa shape index (κ2) is 6.14. The summed E-state index contributed by atoms with van der Waals surface area (Å²) in [6.45, 7) is 2.90. The fourth-order valence-electron chi connectivity index (χ4n) is 3.25. The van der Waals surface area contributed by atoms with Crippen molar-refractivity contribution < 1.29 is 9.47 Å². The Labute approximate surface area is 104 Å². The van der Waals surface area contributed by atoms with Crippen LogP contribution >= 0.6 is 0 Å². The van der Waals surface area contributed by atoms with Crippen LogP contribution < -0.4 is 5.73 Å². The number of likely N-dealkylation sites (tertiary alicyclic amines) is 1. The third-order valence-corrected chi connectivity index (χ3v) is 4.37. The van der Waals surface area contributed by atoms with Gasteiger partial charge in [0.15, 0.2) is 0 Å². The van der Waals surface area contributed by atoms with Crippen molar-refractivity contribution >= 4 is 0 Å². The van der Waals surface area contributed by atoms with Gasteiger partial charge in [-0.15, -0.1) is 0 Å². The van der Waals surface area contributed by atoms with E-state index in [-0.39, 0.29) is 12.2 Å². The van der Waals surface area contributed by atoms with E-state index < -0.39 is 0 Å². The van der Waals surface area contributed by atoms with Gasteiger partial charge in [0.2, 0.25) is 0 Å². The molecule has 1 saturated carbocycles. The zero-order chi connectivity index (χ0) is 12.3. The van der Waals surface area contributed by atoms with Gasteiger partial charge in [-0.3, -0.25) is 4.90 Å². The summed E-state index contributed by atoms with van der Waals surface area (Å²) in [5.74, 6) is 0.734. The second-order valence-electron chi connectivity index (χ2n) is 5.48. The van der Waals surface area contributed by atoms with Crippen LogP contribution in [0.25, 0.3) is 0 Å². The number of methoxy groups -OCH3 is 2. The van der Waals surface area contributed by atoms with Crippen LogP contribution in [0.15, 0.2) is 0 Å². The van der Waals surface area contributed by atoms with Gasteiger partial charge < -0.3 is 15.2 Å². The number of ether oxygens (including phenoxy) is 2. The van der Waals surface area contributed by atoms with Crippen LogP contribution in [-0.2, 0) is 9.47 Å². The Morgan fingerprint density at radius 1 is 1.12 bits per heavy atom. The summed E-state index contributed by atoms with van der Waals surface area (Å²) in [6, 6.07) is 0.325. The summed E-state index contributed by atoms with van der Waals surface area (Å²) in [5.41, 5.74) is 6.31. The molecule has 3 unspecified atom stereocenters. The first-order valence-electron chi connectivity index (χ1n) is 6.78. The fraction of sp³-hybridized carbons (Fsp3) is 1.00. The summed E-state index contributed by atoms with van der Waals surface area (Å²) >= 11 is 0. The molecule has 1 aliphatic carbocycles.